The first-order valence-electron chi connectivity index (χ1n) is 7.33. The molecule has 0 bridgehead atoms. The van der Waals surface area contributed by atoms with Gasteiger partial charge >= 0.3 is 12.4 Å². The molecule has 0 saturated heterocycles. The quantitative estimate of drug-likeness (QED) is 0.717. The molecule has 1 atom stereocenters. The van der Waals surface area contributed by atoms with Gasteiger partial charge in [0, 0.05) is 10.4 Å². The second kappa shape index (κ2) is 6.90. The van der Waals surface area contributed by atoms with Crippen LogP contribution in [0.3, 0.4) is 0 Å². The van der Waals surface area contributed by atoms with Gasteiger partial charge in [0.25, 0.3) is 5.91 Å². The van der Waals surface area contributed by atoms with Crippen LogP contribution in [-0.4, -0.2) is 10.9 Å². The topological polar surface area (TPSA) is 42.0 Å². The molecule has 0 fully saturated rings. The van der Waals surface area contributed by atoms with Crippen molar-refractivity contribution in [3.8, 4) is 0 Å². The Morgan fingerprint density at radius 2 is 1.54 bits per heavy atom. The van der Waals surface area contributed by atoms with Gasteiger partial charge in [0.05, 0.1) is 27.9 Å². The van der Waals surface area contributed by atoms with Crippen LogP contribution in [0.1, 0.15) is 50.0 Å². The molecule has 3 nitrogen and oxygen atoms in total. The van der Waals surface area contributed by atoms with Gasteiger partial charge in [-0.3, -0.25) is 4.79 Å². The number of benzene rings is 1. The summed E-state index contributed by atoms with van der Waals surface area (Å²) in [5, 5.41) is 3.15. The predicted molar refractivity (Wildman–Crippen MR) is 83.9 cm³/mol. The fourth-order valence-electron chi connectivity index (χ4n) is 2.38. The zero-order valence-corrected chi connectivity index (χ0v) is 14.7. The number of hydrogen-bond donors (Lipinski definition) is 1. The smallest absolute Gasteiger partial charge is 0.345 e. The first kappa shape index (κ1) is 20.2. The number of carbonyl (C=O) groups excluding carboxylic acids is 1. The minimum Gasteiger partial charge on any atom is -0.345 e. The maximum Gasteiger partial charge on any atom is 0.416 e. The van der Waals surface area contributed by atoms with Gasteiger partial charge in [0.1, 0.15) is 0 Å². The Morgan fingerprint density at radius 1 is 1.04 bits per heavy atom. The Bertz CT molecular complexity index is 793. The molecular weight excluding hydrogens is 382 g/mol. The van der Waals surface area contributed by atoms with Crippen molar-refractivity contribution in [1.82, 2.24) is 10.3 Å². The highest BCUT2D eigenvalue weighted by Gasteiger charge is 2.37. The van der Waals surface area contributed by atoms with Gasteiger partial charge in [0.2, 0.25) is 0 Å². The van der Waals surface area contributed by atoms with Crippen molar-refractivity contribution in [2.24, 2.45) is 0 Å². The lowest BCUT2D eigenvalue weighted by atomic mass is 10.0. The molecule has 0 saturated carbocycles. The van der Waals surface area contributed by atoms with Crippen LogP contribution in [0.5, 0.6) is 0 Å². The van der Waals surface area contributed by atoms with E-state index in [2.05, 4.69) is 10.3 Å². The molecule has 2 rings (SSSR count). The number of carbonyl (C=O) groups is 1. The summed E-state index contributed by atoms with van der Waals surface area (Å²) in [5.41, 5.74) is -3.14. The highest BCUT2D eigenvalue weighted by Crippen LogP contribution is 2.36. The molecule has 0 aliphatic rings. The number of halogens is 6. The van der Waals surface area contributed by atoms with Gasteiger partial charge in [-0.2, -0.15) is 26.3 Å². The summed E-state index contributed by atoms with van der Waals surface area (Å²) < 4.78 is 77.3. The van der Waals surface area contributed by atoms with Crippen molar-refractivity contribution in [2.75, 3.05) is 0 Å². The summed E-state index contributed by atoms with van der Waals surface area (Å²) in [4.78, 5) is 17.1. The summed E-state index contributed by atoms with van der Waals surface area (Å²) in [6.07, 6.45) is -10.0. The summed E-state index contributed by atoms with van der Waals surface area (Å²) in [6, 6.07) is 0.179. The minimum atomic E-state index is -5.01. The van der Waals surface area contributed by atoms with Crippen molar-refractivity contribution in [3.63, 3.8) is 0 Å². The Labute approximate surface area is 149 Å². The van der Waals surface area contributed by atoms with Gasteiger partial charge in [-0.25, -0.2) is 4.98 Å². The first-order chi connectivity index (χ1) is 11.8. The van der Waals surface area contributed by atoms with Crippen LogP contribution >= 0.6 is 11.3 Å². The molecule has 142 valence electrons. The van der Waals surface area contributed by atoms with E-state index in [0.717, 1.165) is 5.01 Å². The largest absolute Gasteiger partial charge is 0.416 e. The molecule has 1 heterocycles. The SMILES string of the molecule is Cc1nc(C)c([C@H](C)NC(=O)c2cc(C(F)(F)F)cc(C(F)(F)F)c2)s1. The van der Waals surface area contributed by atoms with E-state index in [1.54, 1.807) is 20.8 Å². The number of amides is 1. The highest BCUT2D eigenvalue weighted by molar-refractivity contribution is 7.11. The van der Waals surface area contributed by atoms with Gasteiger partial charge < -0.3 is 5.32 Å². The van der Waals surface area contributed by atoms with Crippen LogP contribution in [0.25, 0.3) is 0 Å². The monoisotopic (exact) mass is 396 g/mol. The molecular formula is C16H14F6N2OS. The molecule has 0 aliphatic carbocycles. The fraction of sp³-hybridized carbons (Fsp3) is 0.375. The van der Waals surface area contributed by atoms with Gasteiger partial charge in [-0.15, -0.1) is 11.3 Å². The second-order valence-electron chi connectivity index (χ2n) is 5.67. The van der Waals surface area contributed by atoms with Crippen molar-refractivity contribution in [2.45, 2.75) is 39.2 Å². The van der Waals surface area contributed by atoms with Gasteiger partial charge in [0.15, 0.2) is 0 Å². The molecule has 1 aromatic heterocycles. The van der Waals surface area contributed by atoms with E-state index in [0.29, 0.717) is 22.7 Å². The molecule has 10 heteroatoms. The number of nitrogens with zero attached hydrogens (tertiary/aromatic N) is 1. The number of rotatable bonds is 3. The van der Waals surface area contributed by atoms with E-state index < -0.39 is 41.0 Å². The molecule has 0 aliphatic heterocycles. The average molecular weight is 396 g/mol. The lowest BCUT2D eigenvalue weighted by Crippen LogP contribution is -2.27. The minimum absolute atomic E-state index is 0.0170. The average Bonchev–Trinajstić information content (AvgIpc) is 2.83. The molecule has 2 aromatic rings. The van der Waals surface area contributed by atoms with Gasteiger partial charge in [-0.1, -0.05) is 0 Å². The summed E-state index contributed by atoms with van der Waals surface area (Å²) in [7, 11) is 0. The van der Waals surface area contributed by atoms with Crippen molar-refractivity contribution in [3.05, 3.63) is 50.5 Å². The first-order valence-corrected chi connectivity index (χ1v) is 8.15. The van der Waals surface area contributed by atoms with E-state index in [-0.39, 0.29) is 6.07 Å². The summed E-state index contributed by atoms with van der Waals surface area (Å²) in [5.74, 6) is -1.03. The third kappa shape index (κ3) is 4.54. The number of alkyl halides is 6. The Balaban J connectivity index is 2.37. The van der Waals surface area contributed by atoms with Crippen LogP contribution in [0, 0.1) is 13.8 Å². The van der Waals surface area contributed by atoms with Crippen LogP contribution in [-0.2, 0) is 12.4 Å². The molecule has 0 radical (unpaired) electrons. The van der Waals surface area contributed by atoms with E-state index in [4.69, 9.17) is 0 Å². The number of aryl methyl sites for hydroxylation is 2. The van der Waals surface area contributed by atoms with Gasteiger partial charge in [-0.05, 0) is 39.0 Å². The fourth-order valence-corrected chi connectivity index (χ4v) is 3.31. The molecule has 1 N–H and O–H groups in total. The number of aromatic nitrogens is 1. The number of thiazole rings is 1. The lowest BCUT2D eigenvalue weighted by Gasteiger charge is -2.16. The molecule has 1 amide bonds. The maximum atomic E-state index is 12.9. The maximum absolute atomic E-state index is 12.9. The molecule has 0 unspecified atom stereocenters. The van der Waals surface area contributed by atoms with Crippen LogP contribution in [0.15, 0.2) is 18.2 Å². The number of nitrogens with one attached hydrogen (secondary N) is 1. The summed E-state index contributed by atoms with van der Waals surface area (Å²) >= 11 is 1.29. The number of hydrogen-bond acceptors (Lipinski definition) is 3. The second-order valence-corrected chi connectivity index (χ2v) is 6.91. The Morgan fingerprint density at radius 3 is 1.92 bits per heavy atom. The third-order valence-electron chi connectivity index (χ3n) is 3.53. The molecule has 26 heavy (non-hydrogen) atoms. The lowest BCUT2D eigenvalue weighted by molar-refractivity contribution is -0.143. The van der Waals surface area contributed by atoms with Crippen LogP contribution in [0.4, 0.5) is 26.3 Å². The standard InChI is InChI=1S/C16H14F6N2OS/c1-7-13(26-9(3)23-7)8(2)24-14(25)10-4-11(15(17,18)19)6-12(5-10)16(20,21)22/h4-6,8H,1-3H3,(H,24,25)/t8-/m0/s1. The van der Waals surface area contributed by atoms with E-state index >= 15 is 0 Å². The molecule has 1 aromatic carbocycles. The normalized spacial score (nSPS) is 13.6. The Kier molecular flexibility index (Phi) is 5.36. The van der Waals surface area contributed by atoms with Crippen LogP contribution < -0.4 is 5.32 Å². The van der Waals surface area contributed by atoms with Crippen molar-refractivity contribution in [1.29, 1.82) is 0 Å². The van der Waals surface area contributed by atoms with E-state index in [1.807, 2.05) is 0 Å². The zero-order chi connectivity index (χ0) is 19.9. The van der Waals surface area contributed by atoms with E-state index in [1.165, 1.54) is 11.3 Å². The molecule has 0 spiro atoms. The third-order valence-corrected chi connectivity index (χ3v) is 4.79. The summed E-state index contributed by atoms with van der Waals surface area (Å²) in [6.45, 7) is 5.03. The zero-order valence-electron chi connectivity index (χ0n) is 13.8. The van der Waals surface area contributed by atoms with E-state index in [9.17, 15) is 31.1 Å². The van der Waals surface area contributed by atoms with Crippen molar-refractivity contribution < 1.29 is 31.1 Å². The van der Waals surface area contributed by atoms with Crippen LogP contribution in [0.2, 0.25) is 0 Å². The highest BCUT2D eigenvalue weighted by atomic mass is 32.1. The Hall–Kier alpha value is -2.10. The van der Waals surface area contributed by atoms with Crippen molar-refractivity contribution >= 4 is 17.2 Å². The predicted octanol–water partition coefficient (Wildman–Crippen LogP) is 5.29.